The Morgan fingerprint density at radius 3 is 2.68 bits per heavy atom. The second-order valence-corrected chi connectivity index (χ2v) is 10.2. The molecule has 0 bridgehead atoms. The van der Waals surface area contributed by atoms with Crippen LogP contribution in [0.25, 0.3) is 10.9 Å². The number of para-hydroxylation sites is 1. The Morgan fingerprint density at radius 2 is 1.95 bits per heavy atom. The number of thioether (sulfide) groups is 1. The molecule has 1 N–H and O–H groups in total. The number of piperidine rings is 2. The standard InChI is InChI=1S/C26H26F2N4O4S/c1-31-25-17(24(30-31)18-6-8-22(33)29-26(18)35)3-2-4-20(25)36-16-9-11-32(12-10-16)23(34)14-37-21-7-5-15(27)13-19(21)28/h2-5,7,13,16,18H,6,8-12,14H2,1H3,(H,29,33,35). The second-order valence-electron chi connectivity index (χ2n) is 9.23. The second kappa shape index (κ2) is 10.5. The molecule has 11 heteroatoms. The molecule has 1 atom stereocenters. The normalized spacial score (nSPS) is 18.8. The van der Waals surface area contributed by atoms with E-state index in [1.54, 1.807) is 16.6 Å². The van der Waals surface area contributed by atoms with Gasteiger partial charge in [-0.1, -0.05) is 12.1 Å². The number of hydrogen-bond acceptors (Lipinski definition) is 6. The number of aromatic nitrogens is 2. The third kappa shape index (κ3) is 5.31. The molecule has 0 saturated carbocycles. The maximum Gasteiger partial charge on any atom is 0.235 e. The predicted molar refractivity (Wildman–Crippen MR) is 133 cm³/mol. The van der Waals surface area contributed by atoms with Gasteiger partial charge in [-0.15, -0.1) is 11.8 Å². The van der Waals surface area contributed by atoms with Gasteiger partial charge in [0, 0.05) is 55.7 Å². The van der Waals surface area contributed by atoms with Crippen molar-refractivity contribution in [3.63, 3.8) is 0 Å². The van der Waals surface area contributed by atoms with E-state index >= 15 is 0 Å². The molecule has 3 heterocycles. The van der Waals surface area contributed by atoms with Gasteiger partial charge in [-0.3, -0.25) is 24.4 Å². The average Bonchev–Trinajstić information content (AvgIpc) is 3.21. The summed E-state index contributed by atoms with van der Waals surface area (Å²) >= 11 is 1.06. The zero-order valence-corrected chi connectivity index (χ0v) is 21.0. The highest BCUT2D eigenvalue weighted by molar-refractivity contribution is 8.00. The fraction of sp³-hybridized carbons (Fsp3) is 0.385. The first-order chi connectivity index (χ1) is 17.8. The number of aryl methyl sites for hydroxylation is 1. The van der Waals surface area contributed by atoms with Crippen LogP contribution in [0.4, 0.5) is 8.78 Å². The van der Waals surface area contributed by atoms with Crippen LogP contribution in [-0.4, -0.2) is 57.3 Å². The highest BCUT2D eigenvalue weighted by atomic mass is 32.2. The van der Waals surface area contributed by atoms with Gasteiger partial charge < -0.3 is 9.64 Å². The third-order valence-electron chi connectivity index (χ3n) is 6.76. The number of imide groups is 1. The molecule has 3 aromatic rings. The Balaban J connectivity index is 1.21. The predicted octanol–water partition coefficient (Wildman–Crippen LogP) is 3.53. The van der Waals surface area contributed by atoms with E-state index in [2.05, 4.69) is 10.4 Å². The van der Waals surface area contributed by atoms with Crippen LogP contribution in [0.15, 0.2) is 41.3 Å². The molecule has 2 aromatic carbocycles. The smallest absolute Gasteiger partial charge is 0.235 e. The third-order valence-corrected chi connectivity index (χ3v) is 7.79. The first-order valence-corrected chi connectivity index (χ1v) is 13.1. The molecule has 2 aliphatic rings. The lowest BCUT2D eigenvalue weighted by Crippen LogP contribution is -2.42. The molecule has 0 aliphatic carbocycles. The number of carbonyl (C=O) groups excluding carboxylic acids is 3. The molecule has 0 radical (unpaired) electrons. The topological polar surface area (TPSA) is 93.5 Å². The number of carbonyl (C=O) groups is 3. The summed E-state index contributed by atoms with van der Waals surface area (Å²) in [6, 6.07) is 8.95. The van der Waals surface area contributed by atoms with Crippen LogP contribution in [0.2, 0.25) is 0 Å². The van der Waals surface area contributed by atoms with Crippen molar-refractivity contribution in [2.45, 2.75) is 42.6 Å². The minimum absolute atomic E-state index is 0.0749. The number of benzene rings is 2. The van der Waals surface area contributed by atoms with Gasteiger partial charge in [-0.2, -0.15) is 5.10 Å². The largest absolute Gasteiger partial charge is 0.488 e. The summed E-state index contributed by atoms with van der Waals surface area (Å²) in [5.74, 6) is -1.79. The van der Waals surface area contributed by atoms with E-state index < -0.39 is 17.6 Å². The molecule has 194 valence electrons. The average molecular weight is 529 g/mol. The maximum atomic E-state index is 13.8. The molecule has 0 spiro atoms. The van der Waals surface area contributed by atoms with Gasteiger partial charge in [-0.05, 0) is 24.6 Å². The molecule has 2 fully saturated rings. The molecular weight excluding hydrogens is 502 g/mol. The summed E-state index contributed by atoms with van der Waals surface area (Å²) in [6.45, 7) is 1.03. The van der Waals surface area contributed by atoms with Gasteiger partial charge in [-0.25, -0.2) is 8.78 Å². The van der Waals surface area contributed by atoms with E-state index in [0.717, 1.165) is 28.7 Å². The van der Waals surface area contributed by atoms with Crippen LogP contribution in [0, 0.1) is 11.6 Å². The zero-order chi connectivity index (χ0) is 26.1. The number of amides is 3. The monoisotopic (exact) mass is 528 g/mol. The molecule has 37 heavy (non-hydrogen) atoms. The summed E-state index contributed by atoms with van der Waals surface area (Å²) in [7, 11) is 1.80. The van der Waals surface area contributed by atoms with E-state index in [4.69, 9.17) is 4.74 Å². The molecule has 2 aliphatic heterocycles. The van der Waals surface area contributed by atoms with E-state index in [1.807, 2.05) is 18.2 Å². The Morgan fingerprint density at radius 1 is 1.16 bits per heavy atom. The van der Waals surface area contributed by atoms with Gasteiger partial charge in [0.2, 0.25) is 17.7 Å². The molecule has 1 unspecified atom stereocenters. The molecular formula is C26H26F2N4O4S. The maximum absolute atomic E-state index is 13.8. The Hall–Kier alpha value is -3.47. The number of fused-ring (bicyclic) bond motifs is 1. The summed E-state index contributed by atoms with van der Waals surface area (Å²) < 4.78 is 35.0. The molecule has 1 aromatic heterocycles. The number of ether oxygens (including phenoxy) is 1. The number of likely N-dealkylation sites (tertiary alicyclic amines) is 1. The Labute approximate surface area is 216 Å². The fourth-order valence-electron chi connectivity index (χ4n) is 4.86. The van der Waals surface area contributed by atoms with Crippen molar-refractivity contribution in [2.75, 3.05) is 18.8 Å². The number of rotatable bonds is 6. The number of halogens is 2. The summed E-state index contributed by atoms with van der Waals surface area (Å²) in [6.07, 6.45) is 1.86. The van der Waals surface area contributed by atoms with E-state index in [0.29, 0.717) is 43.8 Å². The van der Waals surface area contributed by atoms with Crippen molar-refractivity contribution in [2.24, 2.45) is 7.05 Å². The van der Waals surface area contributed by atoms with Gasteiger partial charge in [0.25, 0.3) is 0 Å². The van der Waals surface area contributed by atoms with Gasteiger partial charge in [0.15, 0.2) is 0 Å². The van der Waals surface area contributed by atoms with Gasteiger partial charge >= 0.3 is 0 Å². The van der Waals surface area contributed by atoms with Crippen molar-refractivity contribution >= 4 is 40.4 Å². The first-order valence-electron chi connectivity index (χ1n) is 12.1. The van der Waals surface area contributed by atoms with Crippen LogP contribution in [-0.2, 0) is 21.4 Å². The highest BCUT2D eigenvalue weighted by Crippen LogP contribution is 2.35. The van der Waals surface area contributed by atoms with Crippen LogP contribution in [0.1, 0.15) is 37.3 Å². The van der Waals surface area contributed by atoms with E-state index in [9.17, 15) is 23.2 Å². The fourth-order valence-corrected chi connectivity index (χ4v) is 5.68. The van der Waals surface area contributed by atoms with Gasteiger partial charge in [0.1, 0.15) is 29.0 Å². The van der Waals surface area contributed by atoms with Crippen LogP contribution in [0.3, 0.4) is 0 Å². The highest BCUT2D eigenvalue weighted by Gasteiger charge is 2.32. The van der Waals surface area contributed by atoms with Crippen LogP contribution < -0.4 is 10.1 Å². The van der Waals surface area contributed by atoms with E-state index in [1.165, 1.54) is 12.1 Å². The molecule has 3 amide bonds. The number of nitrogens with one attached hydrogen (secondary N) is 1. The van der Waals surface area contributed by atoms with Crippen molar-refractivity contribution in [1.29, 1.82) is 0 Å². The lowest BCUT2D eigenvalue weighted by atomic mass is 9.93. The zero-order valence-electron chi connectivity index (χ0n) is 20.2. The lowest BCUT2D eigenvalue weighted by Gasteiger charge is -2.32. The van der Waals surface area contributed by atoms with E-state index in [-0.39, 0.29) is 40.9 Å². The van der Waals surface area contributed by atoms with Crippen molar-refractivity contribution in [3.05, 3.63) is 53.7 Å². The Bertz CT molecular complexity index is 1370. The Kier molecular flexibility index (Phi) is 7.14. The van der Waals surface area contributed by atoms with Crippen molar-refractivity contribution in [1.82, 2.24) is 20.0 Å². The van der Waals surface area contributed by atoms with Gasteiger partial charge in [0.05, 0.1) is 17.4 Å². The summed E-state index contributed by atoms with van der Waals surface area (Å²) in [5.41, 5.74) is 1.40. The summed E-state index contributed by atoms with van der Waals surface area (Å²) in [4.78, 5) is 38.6. The quantitative estimate of drug-likeness (QED) is 0.389. The van der Waals surface area contributed by atoms with Crippen molar-refractivity contribution in [3.8, 4) is 5.75 Å². The molecule has 8 nitrogen and oxygen atoms in total. The number of nitrogens with zero attached hydrogens (tertiary/aromatic N) is 3. The molecule has 2 saturated heterocycles. The SMILES string of the molecule is Cn1nc(C2CCC(=O)NC2=O)c2cccc(OC3CCN(C(=O)CSc4ccc(F)cc4F)CC3)c21. The van der Waals surface area contributed by atoms with Crippen LogP contribution >= 0.6 is 11.8 Å². The lowest BCUT2D eigenvalue weighted by molar-refractivity contribution is -0.134. The minimum atomic E-state index is -0.671. The van der Waals surface area contributed by atoms with Crippen LogP contribution in [0.5, 0.6) is 5.75 Å². The number of hydrogen-bond donors (Lipinski definition) is 1. The van der Waals surface area contributed by atoms with Crippen molar-refractivity contribution < 1.29 is 27.9 Å². The minimum Gasteiger partial charge on any atom is -0.488 e. The summed E-state index contributed by atoms with van der Waals surface area (Å²) in [5, 5.41) is 7.80. The first kappa shape index (κ1) is 25.2. The molecule has 5 rings (SSSR count).